The SMILES string of the molecule is COc1cccc(NCCC(=O)N2CCc3ccccc3C2)c1. The van der Waals surface area contributed by atoms with Gasteiger partial charge in [0.2, 0.25) is 5.91 Å². The maximum absolute atomic E-state index is 12.4. The molecule has 0 atom stereocenters. The molecular weight excluding hydrogens is 288 g/mol. The zero-order chi connectivity index (χ0) is 16.1. The van der Waals surface area contributed by atoms with Crippen molar-refractivity contribution in [2.45, 2.75) is 19.4 Å². The van der Waals surface area contributed by atoms with E-state index < -0.39 is 0 Å². The molecular formula is C19H22N2O2. The Morgan fingerprint density at radius 1 is 1.17 bits per heavy atom. The molecule has 3 rings (SSSR count). The number of carbonyl (C=O) groups excluding carboxylic acids is 1. The summed E-state index contributed by atoms with van der Waals surface area (Å²) in [6.07, 6.45) is 1.45. The van der Waals surface area contributed by atoms with E-state index in [0.717, 1.165) is 30.9 Å². The number of amides is 1. The third kappa shape index (κ3) is 3.83. The molecule has 1 heterocycles. The average molecular weight is 310 g/mol. The van der Waals surface area contributed by atoms with Crippen LogP contribution in [0.15, 0.2) is 48.5 Å². The quantitative estimate of drug-likeness (QED) is 0.923. The van der Waals surface area contributed by atoms with Crippen molar-refractivity contribution in [3.05, 3.63) is 59.7 Å². The number of benzene rings is 2. The van der Waals surface area contributed by atoms with Crippen LogP contribution >= 0.6 is 0 Å². The van der Waals surface area contributed by atoms with Crippen LogP contribution in [0.2, 0.25) is 0 Å². The molecule has 0 saturated heterocycles. The highest BCUT2D eigenvalue weighted by Crippen LogP contribution is 2.19. The highest BCUT2D eigenvalue weighted by molar-refractivity contribution is 5.77. The lowest BCUT2D eigenvalue weighted by atomic mass is 10.00. The monoisotopic (exact) mass is 310 g/mol. The minimum absolute atomic E-state index is 0.204. The fourth-order valence-electron chi connectivity index (χ4n) is 2.91. The first kappa shape index (κ1) is 15.4. The van der Waals surface area contributed by atoms with E-state index in [9.17, 15) is 4.79 Å². The van der Waals surface area contributed by atoms with E-state index in [0.29, 0.717) is 13.0 Å². The predicted octanol–water partition coefficient (Wildman–Crippen LogP) is 3.08. The van der Waals surface area contributed by atoms with Crippen LogP contribution in [-0.4, -0.2) is 31.0 Å². The summed E-state index contributed by atoms with van der Waals surface area (Å²) in [5, 5.41) is 3.28. The van der Waals surface area contributed by atoms with Crippen LogP contribution in [0.3, 0.4) is 0 Å². The molecule has 1 aliphatic rings. The van der Waals surface area contributed by atoms with Crippen molar-refractivity contribution in [1.29, 1.82) is 0 Å². The molecule has 4 heteroatoms. The number of anilines is 1. The first-order valence-electron chi connectivity index (χ1n) is 7.99. The molecule has 0 bridgehead atoms. The van der Waals surface area contributed by atoms with E-state index in [2.05, 4.69) is 23.5 Å². The summed E-state index contributed by atoms with van der Waals surface area (Å²) in [5.74, 6) is 1.02. The molecule has 2 aromatic rings. The molecule has 0 unspecified atom stereocenters. The predicted molar refractivity (Wildman–Crippen MR) is 91.7 cm³/mol. The van der Waals surface area contributed by atoms with E-state index in [4.69, 9.17) is 4.74 Å². The van der Waals surface area contributed by atoms with Crippen molar-refractivity contribution in [1.82, 2.24) is 4.90 Å². The van der Waals surface area contributed by atoms with E-state index in [1.54, 1.807) is 7.11 Å². The number of nitrogens with one attached hydrogen (secondary N) is 1. The van der Waals surface area contributed by atoms with Crippen LogP contribution in [0.1, 0.15) is 17.5 Å². The Morgan fingerprint density at radius 3 is 2.83 bits per heavy atom. The number of fused-ring (bicyclic) bond motifs is 1. The Morgan fingerprint density at radius 2 is 2.00 bits per heavy atom. The second kappa shape index (κ2) is 7.18. The maximum atomic E-state index is 12.4. The molecule has 0 radical (unpaired) electrons. The normalized spacial score (nSPS) is 13.3. The van der Waals surface area contributed by atoms with Crippen LogP contribution in [0.4, 0.5) is 5.69 Å². The van der Waals surface area contributed by atoms with Gasteiger partial charge in [-0.25, -0.2) is 0 Å². The van der Waals surface area contributed by atoms with Gasteiger partial charge in [-0.3, -0.25) is 4.79 Å². The van der Waals surface area contributed by atoms with Crippen molar-refractivity contribution < 1.29 is 9.53 Å². The van der Waals surface area contributed by atoms with Crippen molar-refractivity contribution >= 4 is 11.6 Å². The molecule has 0 fully saturated rings. The van der Waals surface area contributed by atoms with Gasteiger partial charge in [0.1, 0.15) is 5.75 Å². The van der Waals surface area contributed by atoms with Crippen LogP contribution in [0.25, 0.3) is 0 Å². The minimum atomic E-state index is 0.204. The molecule has 1 amide bonds. The minimum Gasteiger partial charge on any atom is -0.497 e. The average Bonchev–Trinajstić information content (AvgIpc) is 2.61. The molecule has 0 spiro atoms. The highest BCUT2D eigenvalue weighted by atomic mass is 16.5. The third-order valence-corrected chi connectivity index (χ3v) is 4.22. The van der Waals surface area contributed by atoms with Gasteiger partial charge in [-0.2, -0.15) is 0 Å². The van der Waals surface area contributed by atoms with E-state index in [-0.39, 0.29) is 5.91 Å². The van der Waals surface area contributed by atoms with Crippen LogP contribution in [-0.2, 0) is 17.8 Å². The first-order valence-corrected chi connectivity index (χ1v) is 7.99. The van der Waals surface area contributed by atoms with Gasteiger partial charge in [0.05, 0.1) is 7.11 Å². The summed E-state index contributed by atoms with van der Waals surface area (Å²) >= 11 is 0. The molecule has 2 aromatic carbocycles. The van der Waals surface area contributed by atoms with Gasteiger partial charge in [-0.05, 0) is 29.7 Å². The maximum Gasteiger partial charge on any atom is 0.224 e. The molecule has 0 aromatic heterocycles. The molecule has 23 heavy (non-hydrogen) atoms. The van der Waals surface area contributed by atoms with Gasteiger partial charge in [-0.15, -0.1) is 0 Å². The summed E-state index contributed by atoms with van der Waals surface area (Å²) in [6, 6.07) is 16.1. The second-order valence-electron chi connectivity index (χ2n) is 5.74. The van der Waals surface area contributed by atoms with Crippen LogP contribution < -0.4 is 10.1 Å². The summed E-state index contributed by atoms with van der Waals surface area (Å²) in [7, 11) is 1.65. The smallest absolute Gasteiger partial charge is 0.224 e. The van der Waals surface area contributed by atoms with E-state index in [1.165, 1.54) is 11.1 Å². The number of ether oxygens (including phenoxy) is 1. The van der Waals surface area contributed by atoms with Gasteiger partial charge in [0.25, 0.3) is 0 Å². The molecule has 1 N–H and O–H groups in total. The largest absolute Gasteiger partial charge is 0.497 e. The lowest BCUT2D eigenvalue weighted by Gasteiger charge is -2.29. The van der Waals surface area contributed by atoms with Gasteiger partial charge in [-0.1, -0.05) is 30.3 Å². The van der Waals surface area contributed by atoms with Crippen LogP contribution in [0, 0.1) is 0 Å². The molecule has 0 saturated carbocycles. The Balaban J connectivity index is 1.50. The summed E-state index contributed by atoms with van der Waals surface area (Å²) in [5.41, 5.74) is 3.61. The second-order valence-corrected chi connectivity index (χ2v) is 5.74. The summed E-state index contributed by atoms with van der Waals surface area (Å²) in [4.78, 5) is 14.3. The Labute approximate surface area is 137 Å². The Bertz CT molecular complexity index is 685. The number of hydrogen-bond donors (Lipinski definition) is 1. The van der Waals surface area contributed by atoms with E-state index >= 15 is 0 Å². The summed E-state index contributed by atoms with van der Waals surface area (Å²) < 4.78 is 5.20. The Kier molecular flexibility index (Phi) is 4.81. The van der Waals surface area contributed by atoms with Crippen molar-refractivity contribution in [2.75, 3.05) is 25.5 Å². The lowest BCUT2D eigenvalue weighted by molar-refractivity contribution is -0.131. The molecule has 1 aliphatic heterocycles. The number of methoxy groups -OCH3 is 1. The number of rotatable bonds is 5. The first-order chi connectivity index (χ1) is 11.3. The topological polar surface area (TPSA) is 41.6 Å². The molecule has 0 aliphatic carbocycles. The highest BCUT2D eigenvalue weighted by Gasteiger charge is 2.19. The van der Waals surface area contributed by atoms with Gasteiger partial charge >= 0.3 is 0 Å². The number of carbonyl (C=O) groups is 1. The fourth-order valence-corrected chi connectivity index (χ4v) is 2.91. The van der Waals surface area contributed by atoms with E-state index in [1.807, 2.05) is 35.2 Å². The van der Waals surface area contributed by atoms with Gasteiger partial charge < -0.3 is 15.0 Å². The van der Waals surface area contributed by atoms with Crippen molar-refractivity contribution in [3.8, 4) is 5.75 Å². The number of hydrogen-bond acceptors (Lipinski definition) is 3. The van der Waals surface area contributed by atoms with Gasteiger partial charge in [0.15, 0.2) is 0 Å². The fraction of sp³-hybridized carbons (Fsp3) is 0.316. The zero-order valence-corrected chi connectivity index (χ0v) is 13.4. The summed E-state index contributed by atoms with van der Waals surface area (Å²) in [6.45, 7) is 2.17. The van der Waals surface area contributed by atoms with Crippen molar-refractivity contribution in [3.63, 3.8) is 0 Å². The third-order valence-electron chi connectivity index (χ3n) is 4.22. The van der Waals surface area contributed by atoms with Crippen molar-refractivity contribution in [2.24, 2.45) is 0 Å². The van der Waals surface area contributed by atoms with Crippen LogP contribution in [0.5, 0.6) is 5.75 Å². The number of nitrogens with zero attached hydrogens (tertiary/aromatic N) is 1. The van der Waals surface area contributed by atoms with Gasteiger partial charge in [0, 0.05) is 37.8 Å². The Hall–Kier alpha value is -2.49. The standard InChI is InChI=1S/C19H22N2O2/c1-23-18-8-4-7-17(13-18)20-11-9-19(22)21-12-10-15-5-2-3-6-16(15)14-21/h2-8,13,20H,9-12,14H2,1H3. The zero-order valence-electron chi connectivity index (χ0n) is 13.4. The molecule has 4 nitrogen and oxygen atoms in total. The molecule has 120 valence electrons. The lowest BCUT2D eigenvalue weighted by Crippen LogP contribution is -2.36.